The summed E-state index contributed by atoms with van der Waals surface area (Å²) >= 11 is 0. The second-order valence-corrected chi connectivity index (χ2v) is 8.90. The van der Waals surface area contributed by atoms with Crippen molar-refractivity contribution in [2.45, 2.75) is 65.8 Å². The van der Waals surface area contributed by atoms with E-state index in [-0.39, 0.29) is 24.6 Å². The number of hydrogen-bond donors (Lipinski definition) is 1. The molecule has 0 spiro atoms. The van der Waals surface area contributed by atoms with Crippen LogP contribution in [0.3, 0.4) is 0 Å². The predicted octanol–water partition coefficient (Wildman–Crippen LogP) is 5.50. The molecular weight excluding hydrogens is 433 g/mol. The molecule has 7 heteroatoms. The topological polar surface area (TPSA) is 59.8 Å². The average Bonchev–Trinajstić information content (AvgIpc) is 3.12. The molecule has 0 saturated heterocycles. The van der Waals surface area contributed by atoms with Crippen molar-refractivity contribution in [2.75, 3.05) is 13.2 Å². The molecule has 0 amide bonds. The molecule has 0 unspecified atom stereocenters. The van der Waals surface area contributed by atoms with Crippen LogP contribution in [0.25, 0.3) is 5.69 Å². The van der Waals surface area contributed by atoms with Gasteiger partial charge >= 0.3 is 0 Å². The van der Waals surface area contributed by atoms with Crippen LogP contribution in [0, 0.1) is 12.7 Å². The number of aryl methyl sites for hydroxylation is 1. The summed E-state index contributed by atoms with van der Waals surface area (Å²) in [5.41, 5.74) is 2.56. The van der Waals surface area contributed by atoms with Crippen molar-refractivity contribution >= 4 is 0 Å². The molecule has 184 valence electrons. The molecule has 2 aromatic carbocycles. The molecule has 0 saturated carbocycles. The Labute approximate surface area is 201 Å². The minimum absolute atomic E-state index is 0.0596. The molecule has 0 fully saturated rings. The van der Waals surface area contributed by atoms with Gasteiger partial charge in [-0.1, -0.05) is 31.2 Å². The van der Waals surface area contributed by atoms with Crippen molar-refractivity contribution in [3.05, 3.63) is 71.7 Å². The molecule has 1 aromatic heterocycles. The van der Waals surface area contributed by atoms with Gasteiger partial charge in [0.2, 0.25) is 5.88 Å². The summed E-state index contributed by atoms with van der Waals surface area (Å²) in [7, 11) is 0. The van der Waals surface area contributed by atoms with Gasteiger partial charge < -0.3 is 14.6 Å². The van der Waals surface area contributed by atoms with Gasteiger partial charge in [0.15, 0.2) is 0 Å². The number of para-hydroxylation sites is 1. The first-order valence-corrected chi connectivity index (χ1v) is 11.9. The molecule has 34 heavy (non-hydrogen) atoms. The predicted molar refractivity (Wildman–Crippen MR) is 132 cm³/mol. The Bertz CT molecular complexity index is 1040. The van der Waals surface area contributed by atoms with E-state index >= 15 is 0 Å². The van der Waals surface area contributed by atoms with E-state index < -0.39 is 6.10 Å². The second kappa shape index (κ2) is 12.1. The van der Waals surface area contributed by atoms with Crippen molar-refractivity contribution in [1.29, 1.82) is 0 Å². The number of hydrogen-bond acceptors (Lipinski definition) is 5. The fraction of sp³-hybridized carbons (Fsp3) is 0.444. The molecule has 3 aromatic rings. The van der Waals surface area contributed by atoms with Crippen molar-refractivity contribution in [3.8, 4) is 17.3 Å². The molecule has 0 bridgehead atoms. The van der Waals surface area contributed by atoms with Crippen LogP contribution >= 0.6 is 0 Å². The third kappa shape index (κ3) is 6.88. The van der Waals surface area contributed by atoms with Gasteiger partial charge in [-0.15, -0.1) is 0 Å². The van der Waals surface area contributed by atoms with Crippen molar-refractivity contribution in [1.82, 2.24) is 14.7 Å². The smallest absolute Gasteiger partial charge is 0.227 e. The lowest BCUT2D eigenvalue weighted by Crippen LogP contribution is -2.40. The van der Waals surface area contributed by atoms with Crippen LogP contribution in [0.15, 0.2) is 54.6 Å². The summed E-state index contributed by atoms with van der Waals surface area (Å²) in [6.45, 7) is 11.4. The van der Waals surface area contributed by atoms with Crippen molar-refractivity contribution in [2.24, 2.45) is 0 Å². The Morgan fingerprint density at radius 3 is 2.47 bits per heavy atom. The summed E-state index contributed by atoms with van der Waals surface area (Å²) in [6, 6.07) is 16.0. The van der Waals surface area contributed by atoms with E-state index in [0.29, 0.717) is 24.7 Å². The monoisotopic (exact) mass is 469 g/mol. The molecule has 6 nitrogen and oxygen atoms in total. The molecule has 3 rings (SSSR count). The maximum atomic E-state index is 13.9. The Morgan fingerprint density at radius 1 is 1.09 bits per heavy atom. The molecule has 0 radical (unpaired) electrons. The highest BCUT2D eigenvalue weighted by Gasteiger charge is 2.25. The quantitative estimate of drug-likeness (QED) is 0.380. The van der Waals surface area contributed by atoms with Crippen LogP contribution in [-0.2, 0) is 11.3 Å². The highest BCUT2D eigenvalue weighted by atomic mass is 19.1. The Morgan fingerprint density at radius 2 is 1.82 bits per heavy atom. The summed E-state index contributed by atoms with van der Waals surface area (Å²) in [5, 5.41) is 15.4. The Balaban J connectivity index is 1.96. The lowest BCUT2D eigenvalue weighted by Gasteiger charge is -2.30. The second-order valence-electron chi connectivity index (χ2n) is 8.90. The number of rotatable bonds is 12. The SMILES string of the molecule is CC[C@H](C)N(Cc1c(C)nn(-c2ccccc2)c1Oc1cccc(F)c1)C[C@H](O)COC(C)C. The van der Waals surface area contributed by atoms with Gasteiger partial charge in [0.25, 0.3) is 0 Å². The van der Waals surface area contributed by atoms with E-state index in [4.69, 9.17) is 14.6 Å². The van der Waals surface area contributed by atoms with Crippen molar-refractivity contribution in [3.63, 3.8) is 0 Å². The van der Waals surface area contributed by atoms with E-state index in [1.807, 2.05) is 51.1 Å². The van der Waals surface area contributed by atoms with Gasteiger partial charge in [0.1, 0.15) is 11.6 Å². The lowest BCUT2D eigenvalue weighted by atomic mass is 10.1. The molecule has 0 aliphatic carbocycles. The lowest BCUT2D eigenvalue weighted by molar-refractivity contribution is -0.0150. The number of nitrogens with zero attached hydrogens (tertiary/aromatic N) is 3. The fourth-order valence-corrected chi connectivity index (χ4v) is 3.70. The van der Waals surface area contributed by atoms with E-state index in [9.17, 15) is 9.50 Å². The van der Waals surface area contributed by atoms with Crippen LogP contribution in [0.5, 0.6) is 11.6 Å². The fourth-order valence-electron chi connectivity index (χ4n) is 3.70. The Kier molecular flexibility index (Phi) is 9.21. The number of aliphatic hydroxyl groups excluding tert-OH is 1. The van der Waals surface area contributed by atoms with Crippen LogP contribution < -0.4 is 4.74 Å². The van der Waals surface area contributed by atoms with Gasteiger partial charge in [-0.25, -0.2) is 9.07 Å². The number of ether oxygens (including phenoxy) is 2. The highest BCUT2D eigenvalue weighted by Crippen LogP contribution is 2.32. The summed E-state index contributed by atoms with van der Waals surface area (Å²) < 4.78 is 27.5. The van der Waals surface area contributed by atoms with Crippen LogP contribution in [0.1, 0.15) is 45.4 Å². The minimum Gasteiger partial charge on any atom is -0.438 e. The number of benzene rings is 2. The van der Waals surface area contributed by atoms with Gasteiger partial charge in [-0.2, -0.15) is 5.10 Å². The molecule has 1 N–H and O–H groups in total. The van der Waals surface area contributed by atoms with Gasteiger partial charge in [0.05, 0.1) is 35.8 Å². The zero-order chi connectivity index (χ0) is 24.7. The van der Waals surface area contributed by atoms with Gasteiger partial charge in [0, 0.05) is 25.2 Å². The first kappa shape index (κ1) is 25.9. The van der Waals surface area contributed by atoms with Gasteiger partial charge in [-0.05, 0) is 58.4 Å². The largest absolute Gasteiger partial charge is 0.438 e. The number of halogens is 1. The normalized spacial score (nSPS) is 13.4. The molecule has 0 aliphatic heterocycles. The zero-order valence-corrected chi connectivity index (χ0v) is 20.7. The highest BCUT2D eigenvalue weighted by molar-refractivity contribution is 5.43. The van der Waals surface area contributed by atoms with E-state index in [1.165, 1.54) is 12.1 Å². The molecule has 2 atom stereocenters. The zero-order valence-electron chi connectivity index (χ0n) is 20.7. The van der Waals surface area contributed by atoms with Gasteiger partial charge in [-0.3, -0.25) is 4.90 Å². The summed E-state index contributed by atoms with van der Waals surface area (Å²) in [6.07, 6.45) is 0.363. The standard InChI is InChI=1S/C27H36FN3O3/c1-6-20(4)30(16-24(32)18-33-19(2)3)17-26-21(5)29-31(23-12-8-7-9-13-23)27(26)34-25-14-10-11-22(28)15-25/h7-15,19-20,24,32H,6,16-18H2,1-5H3/t20-,24-/m0/s1. The molecular formula is C27H36FN3O3. The summed E-state index contributed by atoms with van der Waals surface area (Å²) in [4.78, 5) is 2.21. The third-order valence-corrected chi connectivity index (χ3v) is 5.79. The maximum Gasteiger partial charge on any atom is 0.227 e. The Hall–Kier alpha value is -2.74. The van der Waals surface area contributed by atoms with Crippen molar-refractivity contribution < 1.29 is 19.0 Å². The number of aromatic nitrogens is 2. The minimum atomic E-state index is -0.617. The van der Waals surface area contributed by atoms with E-state index in [0.717, 1.165) is 23.4 Å². The molecule has 0 aliphatic rings. The van der Waals surface area contributed by atoms with Crippen LogP contribution in [-0.4, -0.2) is 51.2 Å². The summed E-state index contributed by atoms with van der Waals surface area (Å²) in [5.74, 6) is 0.574. The first-order valence-electron chi connectivity index (χ1n) is 11.9. The number of aliphatic hydroxyl groups is 1. The van der Waals surface area contributed by atoms with E-state index in [1.54, 1.807) is 16.8 Å². The van der Waals surface area contributed by atoms with Crippen LogP contribution in [0.4, 0.5) is 4.39 Å². The third-order valence-electron chi connectivity index (χ3n) is 5.79. The average molecular weight is 470 g/mol. The maximum absolute atomic E-state index is 13.9. The first-order chi connectivity index (χ1) is 16.3. The van der Waals surface area contributed by atoms with E-state index in [2.05, 4.69) is 18.7 Å². The van der Waals surface area contributed by atoms with Crippen LogP contribution in [0.2, 0.25) is 0 Å². The molecule has 1 heterocycles.